The molecule has 12 heteroatoms. The highest BCUT2D eigenvalue weighted by Crippen LogP contribution is 2.38. The van der Waals surface area contributed by atoms with Crippen LogP contribution in [0.3, 0.4) is 0 Å². The summed E-state index contributed by atoms with van der Waals surface area (Å²) in [6.07, 6.45) is -1.64. The molecular weight excluding hydrogens is 516 g/mol. The van der Waals surface area contributed by atoms with E-state index in [0.29, 0.717) is 36.6 Å². The first kappa shape index (κ1) is 26.8. The van der Waals surface area contributed by atoms with Crippen molar-refractivity contribution in [2.24, 2.45) is 10.9 Å². The van der Waals surface area contributed by atoms with Gasteiger partial charge in [-0.25, -0.2) is 14.4 Å². The van der Waals surface area contributed by atoms with E-state index in [2.05, 4.69) is 25.5 Å². The summed E-state index contributed by atoms with van der Waals surface area (Å²) >= 11 is 0. The number of likely N-dealkylation sites (N-methyl/N-ethyl adjacent to an activating group) is 1. The molecule has 2 amide bonds. The molecule has 0 aliphatic carbocycles. The molecule has 1 saturated heterocycles. The summed E-state index contributed by atoms with van der Waals surface area (Å²) in [5.74, 6) is -3.77. The molecule has 39 heavy (non-hydrogen) atoms. The monoisotopic (exact) mass is 544 g/mol. The van der Waals surface area contributed by atoms with E-state index in [1.54, 1.807) is 0 Å². The van der Waals surface area contributed by atoms with Gasteiger partial charge in [0.1, 0.15) is 17.6 Å². The van der Waals surface area contributed by atoms with Crippen molar-refractivity contribution in [3.8, 4) is 11.1 Å². The van der Waals surface area contributed by atoms with Gasteiger partial charge < -0.3 is 15.5 Å². The standard InChI is InChI=1S/C27H28F4N6O2/c1-14-12-37(13-15(2)36(14)3)23-9-21(28)18(17-6-16-4-5-32-25(16)34-10-17)7-22(23)35-26(39)19-11-33-24(38)8-20(19)27(29,30)31/h6-11,14-15,19H,4-5,12-13H2,1-3H3,(H,32,34)(H,35,39)/t14-,15+,19?. The van der Waals surface area contributed by atoms with E-state index in [9.17, 15) is 22.8 Å². The van der Waals surface area contributed by atoms with E-state index in [1.807, 2.05) is 31.9 Å². The van der Waals surface area contributed by atoms with Gasteiger partial charge in [-0.2, -0.15) is 13.2 Å². The fourth-order valence-corrected chi connectivity index (χ4v) is 5.24. The second-order valence-electron chi connectivity index (χ2n) is 10.2. The van der Waals surface area contributed by atoms with Crippen molar-refractivity contribution in [3.63, 3.8) is 0 Å². The van der Waals surface area contributed by atoms with E-state index < -0.39 is 35.3 Å². The molecule has 5 rings (SSSR count). The summed E-state index contributed by atoms with van der Waals surface area (Å²) in [6, 6.07) is 4.76. The van der Waals surface area contributed by atoms with E-state index in [1.165, 1.54) is 18.3 Å². The number of amides is 2. The Morgan fingerprint density at radius 1 is 1.15 bits per heavy atom. The number of nitrogens with zero attached hydrogens (tertiary/aromatic N) is 4. The third kappa shape index (κ3) is 5.25. The molecule has 3 atom stereocenters. The molecule has 1 aromatic carbocycles. The van der Waals surface area contributed by atoms with Crippen LogP contribution in [0.25, 0.3) is 11.1 Å². The number of piperazine rings is 1. The lowest BCUT2D eigenvalue weighted by Crippen LogP contribution is -2.55. The fraction of sp³-hybridized carbons (Fsp3) is 0.407. The lowest BCUT2D eigenvalue weighted by atomic mass is 9.95. The van der Waals surface area contributed by atoms with Crippen molar-refractivity contribution in [1.29, 1.82) is 0 Å². The summed E-state index contributed by atoms with van der Waals surface area (Å²) in [5, 5.41) is 5.73. The van der Waals surface area contributed by atoms with Crippen LogP contribution in [0.2, 0.25) is 0 Å². The lowest BCUT2D eigenvalue weighted by Gasteiger charge is -2.44. The van der Waals surface area contributed by atoms with Crippen LogP contribution in [0.5, 0.6) is 0 Å². The summed E-state index contributed by atoms with van der Waals surface area (Å²) in [7, 11) is 1.99. The minimum atomic E-state index is -4.91. The molecule has 1 fully saturated rings. The number of hydrogen-bond acceptors (Lipinski definition) is 6. The zero-order chi connectivity index (χ0) is 28.1. The highest BCUT2D eigenvalue weighted by atomic mass is 19.4. The number of rotatable bonds is 4. The highest BCUT2D eigenvalue weighted by molar-refractivity contribution is 6.11. The summed E-state index contributed by atoms with van der Waals surface area (Å²) in [4.78, 5) is 36.6. The number of nitrogens with one attached hydrogen (secondary N) is 2. The molecule has 3 aliphatic heterocycles. The quantitative estimate of drug-likeness (QED) is 0.565. The Morgan fingerprint density at radius 2 is 1.87 bits per heavy atom. The van der Waals surface area contributed by atoms with Crippen LogP contribution in [0.15, 0.2) is 41.0 Å². The number of carbonyl (C=O) groups excluding carboxylic acids is 2. The van der Waals surface area contributed by atoms with Gasteiger partial charge in [0.05, 0.1) is 16.9 Å². The van der Waals surface area contributed by atoms with Crippen LogP contribution in [0.4, 0.5) is 34.8 Å². The maximum absolute atomic E-state index is 15.6. The van der Waals surface area contributed by atoms with Gasteiger partial charge in [-0.1, -0.05) is 0 Å². The first-order chi connectivity index (χ1) is 18.4. The second-order valence-corrected chi connectivity index (χ2v) is 10.2. The molecule has 0 bridgehead atoms. The van der Waals surface area contributed by atoms with Gasteiger partial charge >= 0.3 is 6.18 Å². The Labute approximate surface area is 222 Å². The first-order valence-corrected chi connectivity index (χ1v) is 12.6. The third-order valence-corrected chi connectivity index (χ3v) is 7.58. The summed E-state index contributed by atoms with van der Waals surface area (Å²) < 4.78 is 56.6. The summed E-state index contributed by atoms with van der Waals surface area (Å²) in [5.41, 5.74) is 0.773. The van der Waals surface area contributed by atoms with Crippen LogP contribution in [-0.2, 0) is 16.0 Å². The predicted molar refractivity (Wildman–Crippen MR) is 140 cm³/mol. The normalized spacial score (nSPS) is 23.4. The van der Waals surface area contributed by atoms with Crippen molar-refractivity contribution in [2.75, 3.05) is 42.2 Å². The first-order valence-electron chi connectivity index (χ1n) is 12.6. The average Bonchev–Trinajstić information content (AvgIpc) is 3.35. The van der Waals surface area contributed by atoms with E-state index in [4.69, 9.17) is 0 Å². The fourth-order valence-electron chi connectivity index (χ4n) is 5.24. The van der Waals surface area contributed by atoms with Crippen molar-refractivity contribution in [2.45, 2.75) is 38.5 Å². The molecule has 3 aliphatic rings. The Balaban J connectivity index is 1.56. The van der Waals surface area contributed by atoms with E-state index in [0.717, 1.165) is 24.3 Å². The molecule has 206 valence electrons. The average molecular weight is 545 g/mol. The number of halogens is 4. The Hall–Kier alpha value is -3.80. The Morgan fingerprint density at radius 3 is 2.56 bits per heavy atom. The molecule has 0 saturated carbocycles. The zero-order valence-corrected chi connectivity index (χ0v) is 21.6. The van der Waals surface area contributed by atoms with Crippen LogP contribution in [-0.4, -0.2) is 72.9 Å². The van der Waals surface area contributed by atoms with Gasteiger partial charge in [0.15, 0.2) is 0 Å². The van der Waals surface area contributed by atoms with Crippen LogP contribution in [0.1, 0.15) is 19.4 Å². The molecule has 2 N–H and O–H groups in total. The van der Waals surface area contributed by atoms with Gasteiger partial charge in [0.25, 0.3) is 5.91 Å². The maximum Gasteiger partial charge on any atom is 0.414 e. The van der Waals surface area contributed by atoms with Crippen molar-refractivity contribution in [1.82, 2.24) is 9.88 Å². The number of alkyl halides is 3. The Kier molecular flexibility index (Phi) is 6.91. The van der Waals surface area contributed by atoms with Crippen molar-refractivity contribution in [3.05, 3.63) is 47.4 Å². The zero-order valence-electron chi connectivity index (χ0n) is 21.6. The molecule has 4 heterocycles. The summed E-state index contributed by atoms with van der Waals surface area (Å²) in [6.45, 7) is 5.79. The van der Waals surface area contributed by atoms with Crippen molar-refractivity contribution < 1.29 is 27.2 Å². The number of pyridine rings is 1. The predicted octanol–water partition coefficient (Wildman–Crippen LogP) is 4.04. The van der Waals surface area contributed by atoms with E-state index in [-0.39, 0.29) is 23.3 Å². The van der Waals surface area contributed by atoms with Crippen molar-refractivity contribution >= 4 is 35.2 Å². The third-order valence-electron chi connectivity index (χ3n) is 7.58. The maximum atomic E-state index is 15.6. The minimum absolute atomic E-state index is 0.102. The number of fused-ring (bicyclic) bond motifs is 1. The Bertz CT molecular complexity index is 1380. The number of aliphatic imine (C=N–C) groups is 1. The van der Waals surface area contributed by atoms with Crippen LogP contribution < -0.4 is 15.5 Å². The molecular formula is C27H28F4N6O2. The molecule has 2 aromatic rings. The topological polar surface area (TPSA) is 89.9 Å². The number of carbonyl (C=O) groups is 2. The minimum Gasteiger partial charge on any atom is -0.370 e. The van der Waals surface area contributed by atoms with Gasteiger partial charge in [-0.15, -0.1) is 0 Å². The van der Waals surface area contributed by atoms with E-state index >= 15 is 4.39 Å². The van der Waals surface area contributed by atoms with Gasteiger partial charge in [-0.05, 0) is 51.1 Å². The van der Waals surface area contributed by atoms with Crippen LogP contribution >= 0.6 is 0 Å². The van der Waals surface area contributed by atoms with Gasteiger partial charge in [0, 0.05) is 61.3 Å². The highest BCUT2D eigenvalue weighted by Gasteiger charge is 2.43. The molecule has 1 unspecified atom stereocenters. The number of aromatic nitrogens is 1. The number of hydrogen-bond donors (Lipinski definition) is 2. The number of dihydropyridines is 1. The molecule has 8 nitrogen and oxygen atoms in total. The largest absolute Gasteiger partial charge is 0.414 e. The molecule has 0 spiro atoms. The van der Waals surface area contributed by atoms with Gasteiger partial charge in [-0.3, -0.25) is 14.5 Å². The molecule has 0 radical (unpaired) electrons. The molecule has 1 aromatic heterocycles. The smallest absolute Gasteiger partial charge is 0.370 e. The van der Waals surface area contributed by atoms with Crippen LogP contribution in [0, 0.1) is 11.7 Å². The number of benzene rings is 1. The second kappa shape index (κ2) is 10.1. The van der Waals surface area contributed by atoms with Gasteiger partial charge in [0.2, 0.25) is 5.91 Å². The number of anilines is 3. The lowest BCUT2D eigenvalue weighted by molar-refractivity contribution is -0.124. The SMILES string of the molecule is C[C@@H]1CN(c2cc(F)c(-c3cnc4c(c3)CCN4)cc2NC(=O)C2C=NC(=O)C=C2C(F)(F)F)C[C@H](C)N1C.